The minimum Gasteiger partial charge on any atom is -0.351 e. The van der Waals surface area contributed by atoms with Crippen molar-refractivity contribution in [1.82, 2.24) is 15.5 Å². The van der Waals surface area contributed by atoms with Crippen molar-refractivity contribution in [3.05, 3.63) is 35.4 Å². The van der Waals surface area contributed by atoms with Crippen molar-refractivity contribution in [2.75, 3.05) is 13.1 Å². The first kappa shape index (κ1) is 17.9. The Bertz CT molecular complexity index is 636. The van der Waals surface area contributed by atoms with E-state index in [0.29, 0.717) is 6.04 Å². The number of benzene rings is 1. The van der Waals surface area contributed by atoms with Gasteiger partial charge in [0.25, 0.3) is 0 Å². The molecule has 0 radical (unpaired) electrons. The molecule has 1 saturated heterocycles. The van der Waals surface area contributed by atoms with Crippen molar-refractivity contribution in [3.63, 3.8) is 0 Å². The lowest BCUT2D eigenvalue weighted by molar-refractivity contribution is -0.128. The number of hydrogen-bond acceptors (Lipinski definition) is 3. The number of hydrogen-bond donors (Lipinski definition) is 2. The van der Waals surface area contributed by atoms with E-state index in [4.69, 9.17) is 0 Å². The average molecular weight is 343 g/mol. The minimum atomic E-state index is -0.129. The van der Waals surface area contributed by atoms with Crippen molar-refractivity contribution < 1.29 is 9.59 Å². The normalized spacial score (nSPS) is 24.2. The quantitative estimate of drug-likeness (QED) is 0.879. The summed E-state index contributed by atoms with van der Waals surface area (Å²) in [6.07, 6.45) is 2.58. The summed E-state index contributed by atoms with van der Waals surface area (Å²) >= 11 is 0. The molecule has 3 rings (SSSR count). The van der Waals surface area contributed by atoms with Crippen molar-refractivity contribution in [3.8, 4) is 0 Å². The SMILES string of the molecule is CC(=O)N[C@@H]1Cc2ccccc2[C@H]1NC(=O)C1CCN(C(C)C)CC1. The van der Waals surface area contributed by atoms with E-state index >= 15 is 0 Å². The van der Waals surface area contributed by atoms with Gasteiger partial charge in [0.05, 0.1) is 12.1 Å². The Morgan fingerprint density at radius 3 is 2.44 bits per heavy atom. The zero-order chi connectivity index (χ0) is 18.0. The second-order valence-electron chi connectivity index (χ2n) is 7.60. The van der Waals surface area contributed by atoms with Crippen molar-refractivity contribution in [2.45, 2.75) is 58.2 Å². The van der Waals surface area contributed by atoms with E-state index in [1.165, 1.54) is 12.5 Å². The molecule has 0 bridgehead atoms. The highest BCUT2D eigenvalue weighted by molar-refractivity contribution is 5.80. The lowest BCUT2D eigenvalue weighted by Crippen LogP contribution is -2.47. The van der Waals surface area contributed by atoms with Crippen molar-refractivity contribution in [1.29, 1.82) is 0 Å². The highest BCUT2D eigenvalue weighted by atomic mass is 16.2. The van der Waals surface area contributed by atoms with Gasteiger partial charge in [-0.05, 0) is 57.3 Å². The van der Waals surface area contributed by atoms with Crippen molar-refractivity contribution in [2.24, 2.45) is 5.92 Å². The monoisotopic (exact) mass is 343 g/mol. The summed E-state index contributed by atoms with van der Waals surface area (Å²) in [4.78, 5) is 26.8. The first-order valence-corrected chi connectivity index (χ1v) is 9.35. The highest BCUT2D eigenvalue weighted by Crippen LogP contribution is 2.32. The number of carbonyl (C=O) groups excluding carboxylic acids is 2. The number of nitrogens with zero attached hydrogens (tertiary/aromatic N) is 1. The summed E-state index contributed by atoms with van der Waals surface area (Å²) < 4.78 is 0. The highest BCUT2D eigenvalue weighted by Gasteiger charge is 2.36. The maximum atomic E-state index is 12.8. The van der Waals surface area contributed by atoms with Crippen LogP contribution in [0.4, 0.5) is 0 Å². The zero-order valence-electron chi connectivity index (χ0n) is 15.4. The van der Waals surface area contributed by atoms with Gasteiger partial charge in [-0.3, -0.25) is 9.59 Å². The molecule has 0 unspecified atom stereocenters. The molecule has 1 aliphatic heterocycles. The molecule has 2 N–H and O–H groups in total. The molecule has 1 aliphatic carbocycles. The van der Waals surface area contributed by atoms with Crippen LogP contribution in [0, 0.1) is 5.92 Å². The van der Waals surface area contributed by atoms with Gasteiger partial charge in [-0.2, -0.15) is 0 Å². The Morgan fingerprint density at radius 2 is 1.80 bits per heavy atom. The second-order valence-corrected chi connectivity index (χ2v) is 7.60. The van der Waals surface area contributed by atoms with E-state index in [9.17, 15) is 9.59 Å². The molecule has 1 aromatic rings. The molecule has 5 heteroatoms. The molecule has 2 atom stereocenters. The van der Waals surface area contributed by atoms with E-state index in [1.807, 2.05) is 12.1 Å². The third kappa shape index (κ3) is 4.03. The Balaban J connectivity index is 1.67. The predicted molar refractivity (Wildman–Crippen MR) is 98.1 cm³/mol. The topological polar surface area (TPSA) is 61.4 Å². The average Bonchev–Trinajstić information content (AvgIpc) is 2.91. The zero-order valence-corrected chi connectivity index (χ0v) is 15.4. The number of likely N-dealkylation sites (tertiary alicyclic amines) is 1. The van der Waals surface area contributed by atoms with Crippen LogP contribution in [0.25, 0.3) is 0 Å². The molecule has 5 nitrogen and oxygen atoms in total. The Kier molecular flexibility index (Phi) is 5.42. The summed E-state index contributed by atoms with van der Waals surface area (Å²) in [6.45, 7) is 7.89. The summed E-state index contributed by atoms with van der Waals surface area (Å²) in [7, 11) is 0. The van der Waals surface area contributed by atoms with Gasteiger partial charge in [-0.25, -0.2) is 0 Å². The molecular formula is C20H29N3O2. The fourth-order valence-corrected chi connectivity index (χ4v) is 4.12. The van der Waals surface area contributed by atoms with Crippen LogP contribution in [0.15, 0.2) is 24.3 Å². The predicted octanol–water partition coefficient (Wildman–Crippen LogP) is 2.03. The number of carbonyl (C=O) groups is 2. The van der Waals surface area contributed by atoms with Crippen LogP contribution < -0.4 is 10.6 Å². The number of rotatable bonds is 4. The Labute approximate surface area is 150 Å². The van der Waals surface area contributed by atoms with Gasteiger partial charge in [0.2, 0.25) is 11.8 Å². The molecule has 1 aromatic carbocycles. The number of piperidine rings is 1. The van der Waals surface area contributed by atoms with Crippen LogP contribution in [0.3, 0.4) is 0 Å². The maximum Gasteiger partial charge on any atom is 0.223 e. The Hall–Kier alpha value is -1.88. The number of amides is 2. The molecular weight excluding hydrogens is 314 g/mol. The fraction of sp³-hybridized carbons (Fsp3) is 0.600. The third-order valence-corrected chi connectivity index (χ3v) is 5.55. The van der Waals surface area contributed by atoms with Crippen LogP contribution in [-0.2, 0) is 16.0 Å². The molecule has 136 valence electrons. The summed E-state index contributed by atoms with van der Waals surface area (Å²) in [5.41, 5.74) is 2.34. The van der Waals surface area contributed by atoms with Crippen molar-refractivity contribution >= 4 is 11.8 Å². The molecule has 1 heterocycles. The lowest BCUT2D eigenvalue weighted by Gasteiger charge is -2.34. The van der Waals surface area contributed by atoms with Gasteiger partial charge in [-0.15, -0.1) is 0 Å². The van der Waals surface area contributed by atoms with Gasteiger partial charge in [0, 0.05) is 18.9 Å². The van der Waals surface area contributed by atoms with Crippen LogP contribution in [0.1, 0.15) is 50.8 Å². The third-order valence-electron chi connectivity index (χ3n) is 5.55. The minimum absolute atomic E-state index is 0.0534. The summed E-state index contributed by atoms with van der Waals surface area (Å²) in [5, 5.41) is 6.24. The van der Waals surface area contributed by atoms with Gasteiger partial charge >= 0.3 is 0 Å². The smallest absolute Gasteiger partial charge is 0.223 e. The first-order valence-electron chi connectivity index (χ1n) is 9.35. The standard InChI is InChI=1S/C20H29N3O2/c1-13(2)23-10-8-15(9-11-23)20(25)22-19-17-7-5-4-6-16(17)12-18(19)21-14(3)24/h4-7,13,15,18-19H,8-12H2,1-3H3,(H,21,24)(H,22,25)/t18-,19-/m1/s1. The van der Waals surface area contributed by atoms with Gasteiger partial charge < -0.3 is 15.5 Å². The first-order chi connectivity index (χ1) is 12.0. The van der Waals surface area contributed by atoms with Crippen LogP contribution >= 0.6 is 0 Å². The fourth-order valence-electron chi connectivity index (χ4n) is 4.12. The van der Waals surface area contributed by atoms with E-state index in [-0.39, 0.29) is 29.8 Å². The molecule has 2 aliphatic rings. The molecule has 1 fully saturated rings. The van der Waals surface area contributed by atoms with Crippen LogP contribution in [-0.4, -0.2) is 41.9 Å². The van der Waals surface area contributed by atoms with E-state index in [2.05, 4.69) is 41.5 Å². The van der Waals surface area contributed by atoms with E-state index in [0.717, 1.165) is 37.9 Å². The largest absolute Gasteiger partial charge is 0.351 e. The molecule has 0 spiro atoms. The van der Waals surface area contributed by atoms with E-state index < -0.39 is 0 Å². The molecule has 25 heavy (non-hydrogen) atoms. The van der Waals surface area contributed by atoms with Gasteiger partial charge in [0.1, 0.15) is 0 Å². The Morgan fingerprint density at radius 1 is 1.12 bits per heavy atom. The lowest BCUT2D eigenvalue weighted by atomic mass is 9.94. The van der Waals surface area contributed by atoms with Gasteiger partial charge in [0.15, 0.2) is 0 Å². The van der Waals surface area contributed by atoms with Gasteiger partial charge in [-0.1, -0.05) is 24.3 Å². The summed E-state index contributed by atoms with van der Waals surface area (Å²) in [6, 6.07) is 8.49. The number of nitrogens with one attached hydrogen (secondary N) is 2. The van der Waals surface area contributed by atoms with E-state index in [1.54, 1.807) is 0 Å². The molecule has 2 amide bonds. The maximum absolute atomic E-state index is 12.8. The molecule has 0 saturated carbocycles. The molecule has 0 aromatic heterocycles. The second kappa shape index (κ2) is 7.56. The number of fused-ring (bicyclic) bond motifs is 1. The van der Waals surface area contributed by atoms with Crippen LogP contribution in [0.5, 0.6) is 0 Å². The summed E-state index contributed by atoms with van der Waals surface area (Å²) in [5.74, 6) is 0.142. The van der Waals surface area contributed by atoms with Crippen LogP contribution in [0.2, 0.25) is 0 Å².